The molecule has 1 rings (SSSR count). The fourth-order valence-electron chi connectivity index (χ4n) is 1.05. The van der Waals surface area contributed by atoms with E-state index in [-0.39, 0.29) is 0 Å². The molecule has 0 spiro atoms. The highest BCUT2D eigenvalue weighted by Crippen LogP contribution is 2.41. The van der Waals surface area contributed by atoms with E-state index in [2.05, 4.69) is 11.2 Å². The van der Waals surface area contributed by atoms with E-state index >= 15 is 0 Å². The van der Waals surface area contributed by atoms with Gasteiger partial charge in [0.15, 0.2) is 5.75 Å². The summed E-state index contributed by atoms with van der Waals surface area (Å²) in [6.07, 6.45) is 2.63. The number of ether oxygens (including phenoxy) is 4. The fourth-order valence-corrected chi connectivity index (χ4v) is 1.05. The maximum Gasteiger partial charge on any atom is 0.261 e. The van der Waals surface area contributed by atoms with Crippen molar-refractivity contribution in [1.29, 1.82) is 0 Å². The molecule has 0 bridgehead atoms. The van der Waals surface area contributed by atoms with Crippen LogP contribution < -0.4 is 18.9 Å². The molecule has 1 aromatic heterocycles. The van der Waals surface area contributed by atoms with Crippen molar-refractivity contribution in [3.05, 3.63) is 6.20 Å². The van der Waals surface area contributed by atoms with Crippen LogP contribution in [0, 0.1) is 6.20 Å². The van der Waals surface area contributed by atoms with Crippen LogP contribution in [0.4, 0.5) is 0 Å². The van der Waals surface area contributed by atoms with Gasteiger partial charge in [0.2, 0.25) is 11.5 Å². The lowest BCUT2D eigenvalue weighted by atomic mass is 10.3. The second kappa shape index (κ2) is 4.55. The molecular formula is C9H12NO4. The van der Waals surface area contributed by atoms with Gasteiger partial charge in [0.25, 0.3) is 5.88 Å². The third-order valence-corrected chi connectivity index (χ3v) is 1.67. The largest absolute Gasteiger partial charge is 0.491 e. The third kappa shape index (κ3) is 1.66. The highest BCUT2D eigenvalue weighted by atomic mass is 16.5. The van der Waals surface area contributed by atoms with Crippen molar-refractivity contribution in [2.24, 2.45) is 0 Å². The zero-order chi connectivity index (χ0) is 10.6. The van der Waals surface area contributed by atoms with Crippen LogP contribution in [0.15, 0.2) is 0 Å². The summed E-state index contributed by atoms with van der Waals surface area (Å²) in [7, 11) is 6.00. The molecule has 0 aromatic carbocycles. The van der Waals surface area contributed by atoms with Gasteiger partial charge in [-0.25, -0.2) is 4.98 Å². The summed E-state index contributed by atoms with van der Waals surface area (Å²) in [6, 6.07) is 0. The first-order valence-corrected chi connectivity index (χ1v) is 3.90. The Kier molecular flexibility index (Phi) is 3.39. The molecule has 0 aliphatic heterocycles. The van der Waals surface area contributed by atoms with Gasteiger partial charge in [-0.05, 0) is 0 Å². The van der Waals surface area contributed by atoms with E-state index in [1.165, 1.54) is 28.4 Å². The SMILES string of the molecule is COc1[c]nc(OC)c(OC)c1OC. The predicted molar refractivity (Wildman–Crippen MR) is 49.3 cm³/mol. The van der Waals surface area contributed by atoms with E-state index < -0.39 is 0 Å². The van der Waals surface area contributed by atoms with E-state index in [1.807, 2.05) is 0 Å². The number of rotatable bonds is 4. The summed E-state index contributed by atoms with van der Waals surface area (Å²) in [5.41, 5.74) is 0. The minimum Gasteiger partial charge on any atom is -0.491 e. The van der Waals surface area contributed by atoms with E-state index in [9.17, 15) is 0 Å². The van der Waals surface area contributed by atoms with Crippen LogP contribution in [0.5, 0.6) is 23.1 Å². The molecule has 1 radical (unpaired) electrons. The lowest BCUT2D eigenvalue weighted by molar-refractivity contribution is 0.297. The lowest BCUT2D eigenvalue weighted by Crippen LogP contribution is -1.99. The normalized spacial score (nSPS) is 9.43. The van der Waals surface area contributed by atoms with Crippen LogP contribution >= 0.6 is 0 Å². The van der Waals surface area contributed by atoms with Crippen molar-refractivity contribution >= 4 is 0 Å². The first-order chi connectivity index (χ1) is 6.78. The van der Waals surface area contributed by atoms with Gasteiger partial charge in [-0.1, -0.05) is 0 Å². The Morgan fingerprint density at radius 3 is 1.93 bits per heavy atom. The van der Waals surface area contributed by atoms with Crippen molar-refractivity contribution in [2.45, 2.75) is 0 Å². The highest BCUT2D eigenvalue weighted by molar-refractivity contribution is 5.54. The van der Waals surface area contributed by atoms with Crippen molar-refractivity contribution in [3.8, 4) is 23.1 Å². The maximum absolute atomic E-state index is 5.10. The number of aromatic nitrogens is 1. The molecule has 14 heavy (non-hydrogen) atoms. The van der Waals surface area contributed by atoms with Gasteiger partial charge < -0.3 is 18.9 Å². The van der Waals surface area contributed by atoms with Crippen molar-refractivity contribution < 1.29 is 18.9 Å². The summed E-state index contributed by atoms with van der Waals surface area (Å²) in [5, 5.41) is 0. The number of hydrogen-bond donors (Lipinski definition) is 0. The third-order valence-electron chi connectivity index (χ3n) is 1.67. The monoisotopic (exact) mass is 198 g/mol. The molecule has 1 heterocycles. The molecule has 0 saturated heterocycles. The smallest absolute Gasteiger partial charge is 0.261 e. The number of nitrogens with zero attached hydrogens (tertiary/aromatic N) is 1. The molecule has 0 atom stereocenters. The van der Waals surface area contributed by atoms with Crippen molar-refractivity contribution in [3.63, 3.8) is 0 Å². The number of pyridine rings is 1. The van der Waals surface area contributed by atoms with Crippen LogP contribution in [0.25, 0.3) is 0 Å². The van der Waals surface area contributed by atoms with E-state index in [4.69, 9.17) is 18.9 Å². The molecule has 0 amide bonds. The molecule has 0 aliphatic carbocycles. The fraction of sp³-hybridized carbons (Fsp3) is 0.444. The Hall–Kier alpha value is -1.65. The second-order valence-electron chi connectivity index (χ2n) is 2.33. The van der Waals surface area contributed by atoms with Crippen LogP contribution in [0.2, 0.25) is 0 Å². The van der Waals surface area contributed by atoms with Crippen molar-refractivity contribution in [2.75, 3.05) is 28.4 Å². The molecule has 5 heteroatoms. The van der Waals surface area contributed by atoms with E-state index in [0.29, 0.717) is 23.1 Å². The van der Waals surface area contributed by atoms with Gasteiger partial charge in [-0.3, -0.25) is 0 Å². The minimum atomic E-state index is 0.310. The molecule has 0 unspecified atom stereocenters. The zero-order valence-electron chi connectivity index (χ0n) is 8.58. The van der Waals surface area contributed by atoms with Crippen LogP contribution in [0.1, 0.15) is 0 Å². The Labute approximate surface area is 82.6 Å². The average Bonchev–Trinajstić information content (AvgIpc) is 2.26. The molecule has 0 N–H and O–H groups in total. The Balaban J connectivity index is 3.28. The van der Waals surface area contributed by atoms with Crippen LogP contribution in [-0.4, -0.2) is 33.4 Å². The summed E-state index contributed by atoms with van der Waals surface area (Å²) in [6.45, 7) is 0. The van der Waals surface area contributed by atoms with E-state index in [0.717, 1.165) is 0 Å². The Morgan fingerprint density at radius 1 is 0.857 bits per heavy atom. The van der Waals surface area contributed by atoms with Gasteiger partial charge >= 0.3 is 0 Å². The molecule has 77 valence electrons. The van der Waals surface area contributed by atoms with Crippen LogP contribution in [-0.2, 0) is 0 Å². The average molecular weight is 198 g/mol. The topological polar surface area (TPSA) is 49.8 Å². The Morgan fingerprint density at radius 2 is 1.50 bits per heavy atom. The van der Waals surface area contributed by atoms with Gasteiger partial charge in [-0.2, -0.15) is 0 Å². The van der Waals surface area contributed by atoms with Crippen molar-refractivity contribution in [1.82, 2.24) is 4.98 Å². The van der Waals surface area contributed by atoms with Gasteiger partial charge in [0, 0.05) is 0 Å². The van der Waals surface area contributed by atoms with Gasteiger partial charge in [0.05, 0.1) is 28.4 Å². The molecule has 5 nitrogen and oxygen atoms in total. The lowest BCUT2D eigenvalue weighted by Gasteiger charge is -2.12. The first-order valence-electron chi connectivity index (χ1n) is 3.90. The molecule has 0 aliphatic rings. The molecular weight excluding hydrogens is 186 g/mol. The predicted octanol–water partition coefficient (Wildman–Crippen LogP) is 0.916. The second-order valence-corrected chi connectivity index (χ2v) is 2.33. The van der Waals surface area contributed by atoms with Crippen LogP contribution in [0.3, 0.4) is 0 Å². The summed E-state index contributed by atoms with van der Waals surface area (Å²) in [5.74, 6) is 1.50. The minimum absolute atomic E-state index is 0.310. The number of methoxy groups -OCH3 is 4. The first kappa shape index (κ1) is 10.4. The Bertz CT molecular complexity index is 283. The van der Waals surface area contributed by atoms with E-state index in [1.54, 1.807) is 0 Å². The van der Waals surface area contributed by atoms with Gasteiger partial charge in [-0.15, -0.1) is 0 Å². The summed E-state index contributed by atoms with van der Waals surface area (Å²) < 4.78 is 20.2. The molecule has 1 aromatic rings. The quantitative estimate of drug-likeness (QED) is 0.719. The van der Waals surface area contributed by atoms with Gasteiger partial charge in [0.1, 0.15) is 6.20 Å². The summed E-state index contributed by atoms with van der Waals surface area (Å²) >= 11 is 0. The number of hydrogen-bond acceptors (Lipinski definition) is 5. The molecule has 0 fully saturated rings. The summed E-state index contributed by atoms with van der Waals surface area (Å²) in [4.78, 5) is 3.87. The zero-order valence-corrected chi connectivity index (χ0v) is 8.58. The maximum atomic E-state index is 5.10. The molecule has 0 saturated carbocycles. The standard InChI is InChI=1S/C9H12NO4/c1-11-6-5-10-9(14-4)8(13-3)7(6)12-2/h1-4H3. The highest BCUT2D eigenvalue weighted by Gasteiger charge is 2.17.